The summed E-state index contributed by atoms with van der Waals surface area (Å²) in [6.07, 6.45) is 3.50. The summed E-state index contributed by atoms with van der Waals surface area (Å²) in [4.78, 5) is 95.3. The maximum Gasteiger partial charge on any atom is 0.322 e. The second kappa shape index (κ2) is 36.7. The van der Waals surface area contributed by atoms with Gasteiger partial charge in [-0.05, 0) is 110 Å². The van der Waals surface area contributed by atoms with Crippen LogP contribution in [0.3, 0.4) is 0 Å². The molecule has 15 rings (SSSR count). The lowest BCUT2D eigenvalue weighted by atomic mass is 9.83. The third kappa shape index (κ3) is 22.4. The average molecular weight is 1740 g/mol. The molecule has 28 nitrogen and oxygen atoms in total. The molecule has 0 radical (unpaired) electrons. The standard InChI is InChI=1S/C18H20F3N3O2.C16H16F3N3O3.C15H14F3N3O2.C14H11F4N3O3.C14H12F3N3O3.CH4/c1-17(2)7-4-8-24(16(17)25)10-11-5-6-12(13(19)9-11)14-22-15(26-23-14)18(3,20)21;1-15(2)8-24-22(14(15)23)7-9-4-5-10(11(17)6-9)12-20-13(25-21-12)16(3,18)19;1-15(17,18)14-19-13(20-23-14)10-5-4-9(7-11(10)16)8-21-6-2-3-12(21)22;1-14(17,18)13-19-12(20-24-13)8-3-2-7(10(15)11(8)16)6-21-9(22)4-5-23-21;1-14(16,17)13-18-12(19-23-13)9-3-2-8(6-10(9)15)7-20-11(21)4-5-22-20;/h5-6,9H,4,7-8,10H2,1-3H3;4-6H,7-8H2,1-3H3;4-5,7H,2-3,6,8H2,1H3;2-3H,4-6H2,1H3;2-3,6H,4-5,7H2,1H3;1H4. The van der Waals surface area contributed by atoms with Crippen LogP contribution in [0, 0.1) is 45.7 Å². The first-order chi connectivity index (χ1) is 56.6. The van der Waals surface area contributed by atoms with Gasteiger partial charge in [0.15, 0.2) is 11.6 Å². The maximum atomic E-state index is 14.4. The van der Waals surface area contributed by atoms with E-state index in [9.17, 15) is 94.2 Å². The first kappa shape index (κ1) is 92.2. The van der Waals surface area contributed by atoms with E-state index in [1.807, 2.05) is 13.8 Å². The molecule has 0 aliphatic carbocycles. The number of alkyl halides is 10. The molecule has 0 bridgehead atoms. The minimum atomic E-state index is -3.40. The van der Waals surface area contributed by atoms with Crippen LogP contribution in [0.4, 0.5) is 70.2 Å². The number of benzene rings is 5. The van der Waals surface area contributed by atoms with E-state index >= 15 is 0 Å². The zero-order valence-corrected chi connectivity index (χ0v) is 65.5. The second-order valence-electron chi connectivity index (χ2n) is 29.9. The fraction of sp³-hybridized carbons (Fsp3) is 0.423. The summed E-state index contributed by atoms with van der Waals surface area (Å²) in [5, 5.41) is 20.1. The molecule has 5 saturated heterocycles. The minimum absolute atomic E-state index is 0. The Hall–Kier alpha value is -12.1. The highest BCUT2D eigenvalue weighted by atomic mass is 19.3. The number of likely N-dealkylation sites (tertiary alicyclic amines) is 2. The van der Waals surface area contributed by atoms with Gasteiger partial charge in [0.1, 0.15) is 23.3 Å². The number of hydrogen-bond donors (Lipinski definition) is 0. The molecule has 5 aromatic heterocycles. The van der Waals surface area contributed by atoms with Crippen molar-refractivity contribution in [3.05, 3.63) is 177 Å². The summed E-state index contributed by atoms with van der Waals surface area (Å²) in [6.45, 7) is 12.9. The predicted octanol–water partition coefficient (Wildman–Crippen LogP) is 16.6. The lowest BCUT2D eigenvalue weighted by Crippen LogP contribution is -2.45. The molecule has 0 N–H and O–H groups in total. The van der Waals surface area contributed by atoms with Crippen molar-refractivity contribution in [3.8, 4) is 56.9 Å². The Morgan fingerprint density at radius 2 is 0.689 bits per heavy atom. The van der Waals surface area contributed by atoms with Crippen molar-refractivity contribution in [2.45, 2.75) is 171 Å². The molecular weight excluding hydrogens is 1660 g/mol. The Kier molecular flexibility index (Phi) is 27.7. The molecule has 0 atom stereocenters. The first-order valence-electron chi connectivity index (χ1n) is 36.7. The first-order valence-corrected chi connectivity index (χ1v) is 36.7. The van der Waals surface area contributed by atoms with Gasteiger partial charge in [0.25, 0.3) is 35.4 Å². The summed E-state index contributed by atoms with van der Waals surface area (Å²) in [5.74, 6) is -28.5. The molecule has 654 valence electrons. The van der Waals surface area contributed by atoms with Crippen LogP contribution >= 0.6 is 0 Å². The van der Waals surface area contributed by atoms with E-state index in [1.54, 1.807) is 41.8 Å². The molecule has 44 heteroatoms. The summed E-state index contributed by atoms with van der Waals surface area (Å²) in [7, 11) is 0. The predicted molar refractivity (Wildman–Crippen MR) is 389 cm³/mol. The third-order valence-corrected chi connectivity index (χ3v) is 18.6. The lowest BCUT2D eigenvalue weighted by molar-refractivity contribution is -0.165. The van der Waals surface area contributed by atoms with Gasteiger partial charge in [-0.1, -0.05) is 77.4 Å². The number of amides is 5. The van der Waals surface area contributed by atoms with E-state index in [-0.39, 0.29) is 134 Å². The molecule has 5 aromatic carbocycles. The fourth-order valence-electron chi connectivity index (χ4n) is 12.1. The Balaban J connectivity index is 0.000000160. The van der Waals surface area contributed by atoms with Crippen LogP contribution in [-0.4, -0.2) is 138 Å². The zero-order chi connectivity index (χ0) is 88.2. The van der Waals surface area contributed by atoms with Gasteiger partial charge in [0, 0.05) is 78.2 Å². The van der Waals surface area contributed by atoms with Gasteiger partial charge < -0.3 is 32.4 Å². The van der Waals surface area contributed by atoms with E-state index in [0.717, 1.165) is 35.5 Å². The van der Waals surface area contributed by atoms with Gasteiger partial charge in [-0.15, -0.1) is 0 Å². The fourth-order valence-corrected chi connectivity index (χ4v) is 12.1. The van der Waals surface area contributed by atoms with Crippen LogP contribution in [0.15, 0.2) is 108 Å². The largest absolute Gasteiger partial charge is 0.338 e. The number of halogens is 16. The summed E-state index contributed by atoms with van der Waals surface area (Å²) >= 11 is 0. The molecule has 10 heterocycles. The van der Waals surface area contributed by atoms with Crippen molar-refractivity contribution < 1.29 is 131 Å². The van der Waals surface area contributed by atoms with Gasteiger partial charge in [0.2, 0.25) is 52.8 Å². The normalized spacial score (nSPS) is 16.2. The Morgan fingerprint density at radius 1 is 0.361 bits per heavy atom. The monoisotopic (exact) mass is 1740 g/mol. The van der Waals surface area contributed by atoms with Gasteiger partial charge in [0.05, 0.1) is 85.5 Å². The van der Waals surface area contributed by atoms with Crippen LogP contribution in [0.25, 0.3) is 56.9 Å². The van der Waals surface area contributed by atoms with E-state index in [0.29, 0.717) is 96.1 Å². The van der Waals surface area contributed by atoms with Gasteiger partial charge >= 0.3 is 29.6 Å². The summed E-state index contributed by atoms with van der Waals surface area (Å²) in [6, 6.07) is 19.0. The van der Waals surface area contributed by atoms with Crippen LogP contribution in [0.1, 0.15) is 166 Å². The van der Waals surface area contributed by atoms with E-state index in [1.165, 1.54) is 65.7 Å². The Labute approximate surface area is 682 Å². The highest BCUT2D eigenvalue weighted by molar-refractivity contribution is 5.83. The van der Waals surface area contributed by atoms with E-state index in [2.05, 4.69) is 73.3 Å². The molecule has 10 aromatic rings. The van der Waals surface area contributed by atoms with Crippen molar-refractivity contribution in [3.63, 3.8) is 0 Å². The van der Waals surface area contributed by atoms with Crippen LogP contribution in [0.5, 0.6) is 0 Å². The Bertz CT molecular complexity index is 5310. The summed E-state index contributed by atoms with van der Waals surface area (Å²) in [5.41, 5.74) is 0.419. The van der Waals surface area contributed by atoms with Crippen LogP contribution in [0.2, 0.25) is 0 Å². The van der Waals surface area contributed by atoms with Gasteiger partial charge in [-0.2, -0.15) is 68.8 Å². The third-order valence-electron chi connectivity index (χ3n) is 18.6. The number of hydrogen-bond acceptors (Lipinski definition) is 23. The molecule has 0 unspecified atom stereocenters. The van der Waals surface area contributed by atoms with E-state index in [4.69, 9.17) is 14.5 Å². The maximum absolute atomic E-state index is 14.4. The number of carbonyl (C=O) groups excluding carboxylic acids is 5. The van der Waals surface area contributed by atoms with E-state index < -0.39 is 116 Å². The van der Waals surface area contributed by atoms with Crippen molar-refractivity contribution >= 4 is 29.5 Å². The molecule has 5 amide bonds. The van der Waals surface area contributed by atoms with Crippen molar-refractivity contribution in [2.75, 3.05) is 32.9 Å². The highest BCUT2D eigenvalue weighted by Gasteiger charge is 2.43. The number of nitrogens with zero attached hydrogens (tertiary/aromatic N) is 15. The lowest BCUT2D eigenvalue weighted by Gasteiger charge is -2.37. The average Bonchev–Trinajstić information content (AvgIpc) is 1.85. The van der Waals surface area contributed by atoms with Gasteiger partial charge in [-0.3, -0.25) is 38.5 Å². The molecule has 5 fully saturated rings. The van der Waals surface area contributed by atoms with Crippen molar-refractivity contribution in [1.82, 2.24) is 75.7 Å². The SMILES string of the molecule is C.CC(F)(F)c1nc(-c2ccc(CN3CCCC3=O)cc2F)no1.CC(F)(F)c1nc(-c2ccc(CN3OCCC3=O)c(F)c2F)no1.CC(F)(F)c1nc(-c2ccc(CN3OCCC3=O)cc2F)no1.CC1(C)CCCN(Cc2ccc(-c3noc(C(C)(F)F)n3)c(F)c2)C1=O.CC1(C)CON(Cc2ccc(-c3noc(C(C)(F)F)n3)c(F)c2)C1=O. The smallest absolute Gasteiger partial charge is 0.322 e. The number of piperidine rings is 1. The molecule has 5 aliphatic heterocycles. The van der Waals surface area contributed by atoms with Gasteiger partial charge in [-0.25, -0.2) is 41.5 Å². The quantitative estimate of drug-likeness (QED) is 0.0640. The number of carbonyl (C=O) groups is 5. The molecule has 5 aliphatic rings. The summed E-state index contributed by atoms with van der Waals surface area (Å²) < 4.78 is 239. The molecule has 0 spiro atoms. The topological polar surface area (TPSA) is 324 Å². The van der Waals surface area contributed by atoms with Crippen molar-refractivity contribution in [2.24, 2.45) is 10.8 Å². The van der Waals surface area contributed by atoms with Crippen molar-refractivity contribution in [1.29, 1.82) is 0 Å². The highest BCUT2D eigenvalue weighted by Crippen LogP contribution is 2.38. The number of aromatic nitrogens is 10. The Morgan fingerprint density at radius 3 is 1.00 bits per heavy atom. The number of hydroxylamine groups is 6. The second-order valence-corrected chi connectivity index (χ2v) is 29.9. The zero-order valence-electron chi connectivity index (χ0n) is 65.5. The number of rotatable bonds is 20. The molecule has 122 heavy (non-hydrogen) atoms. The van der Waals surface area contributed by atoms with Crippen LogP contribution < -0.4 is 0 Å². The molecular formula is C78H77F16N15O13. The van der Waals surface area contributed by atoms with Crippen LogP contribution in [-0.2, 0) is 101 Å². The molecule has 0 saturated carbocycles. The minimum Gasteiger partial charge on any atom is -0.338 e.